The van der Waals surface area contributed by atoms with Gasteiger partial charge in [0.05, 0.1) is 23.9 Å². The fourth-order valence-corrected chi connectivity index (χ4v) is 4.81. The molecule has 24 heavy (non-hydrogen) atoms. The smallest absolute Gasteiger partial charge is 0.263 e. The molecule has 0 atom stereocenters. The van der Waals surface area contributed by atoms with E-state index in [4.69, 9.17) is 21.1 Å². The number of sulfonamides is 1. The molecule has 128 valence electrons. The molecule has 8 heteroatoms. The summed E-state index contributed by atoms with van der Waals surface area (Å²) in [4.78, 5) is 0.135. The first-order chi connectivity index (χ1) is 11.4. The molecule has 5 nitrogen and oxygen atoms in total. The third kappa shape index (κ3) is 3.63. The molecule has 3 rings (SSSR count). The van der Waals surface area contributed by atoms with Gasteiger partial charge in [-0.3, -0.25) is 4.72 Å². The molecule has 1 N–H and O–H groups in total. The van der Waals surface area contributed by atoms with E-state index >= 15 is 0 Å². The minimum atomic E-state index is -3.80. The van der Waals surface area contributed by atoms with E-state index in [1.807, 2.05) is 6.92 Å². The highest BCUT2D eigenvalue weighted by Gasteiger charge is 2.21. The Bertz CT molecular complexity index is 886. The molecule has 0 bridgehead atoms. The molecule has 0 unspecified atom stereocenters. The Labute approximate surface area is 154 Å². The van der Waals surface area contributed by atoms with E-state index in [1.54, 1.807) is 30.3 Å². The van der Waals surface area contributed by atoms with Crippen LogP contribution in [0.3, 0.4) is 0 Å². The zero-order chi connectivity index (χ0) is 17.3. The highest BCUT2D eigenvalue weighted by atomic mass is 79.9. The van der Waals surface area contributed by atoms with Crippen molar-refractivity contribution < 1.29 is 17.9 Å². The van der Waals surface area contributed by atoms with Crippen LogP contribution in [0.5, 0.6) is 11.5 Å². The molecular weight excluding hydrogens is 418 g/mol. The van der Waals surface area contributed by atoms with E-state index in [0.29, 0.717) is 29.2 Å². The molecule has 0 radical (unpaired) electrons. The van der Waals surface area contributed by atoms with Gasteiger partial charge < -0.3 is 9.47 Å². The van der Waals surface area contributed by atoms with Crippen LogP contribution >= 0.6 is 27.5 Å². The maximum atomic E-state index is 12.7. The third-order valence-corrected chi connectivity index (χ3v) is 6.11. The van der Waals surface area contributed by atoms with Gasteiger partial charge in [-0.15, -0.1) is 0 Å². The fraction of sp³-hybridized carbons (Fsp3) is 0.250. The predicted molar refractivity (Wildman–Crippen MR) is 96.7 cm³/mol. The van der Waals surface area contributed by atoms with Gasteiger partial charge >= 0.3 is 0 Å². The normalized spacial score (nSPS) is 14.1. The lowest BCUT2D eigenvalue weighted by molar-refractivity contribution is 0.297. The number of rotatable bonds is 3. The van der Waals surface area contributed by atoms with Crippen LogP contribution in [0.4, 0.5) is 5.69 Å². The zero-order valence-corrected chi connectivity index (χ0v) is 16.0. The summed E-state index contributed by atoms with van der Waals surface area (Å²) in [5, 5.41) is 0.242. The summed E-state index contributed by atoms with van der Waals surface area (Å²) in [5.74, 6) is 0.981. The lowest BCUT2D eigenvalue weighted by atomic mass is 10.2. The molecule has 0 amide bonds. The van der Waals surface area contributed by atoms with Crippen molar-refractivity contribution in [1.29, 1.82) is 0 Å². The Balaban J connectivity index is 1.96. The summed E-state index contributed by atoms with van der Waals surface area (Å²) >= 11 is 9.49. The number of hydrogen-bond donors (Lipinski definition) is 1. The number of halogens is 2. The highest BCUT2D eigenvalue weighted by Crippen LogP contribution is 2.38. The summed E-state index contributed by atoms with van der Waals surface area (Å²) in [5.41, 5.74) is 1.20. The Hall–Kier alpha value is -1.44. The van der Waals surface area contributed by atoms with Crippen LogP contribution in [0, 0.1) is 6.92 Å². The molecular formula is C16H15BrClNO4S. The Morgan fingerprint density at radius 2 is 1.79 bits per heavy atom. The van der Waals surface area contributed by atoms with Crippen molar-refractivity contribution in [1.82, 2.24) is 0 Å². The second-order valence-corrected chi connectivity index (χ2v) is 8.28. The summed E-state index contributed by atoms with van der Waals surface area (Å²) in [7, 11) is -3.80. The van der Waals surface area contributed by atoms with Crippen molar-refractivity contribution in [3.05, 3.63) is 45.4 Å². The molecule has 0 fully saturated rings. The van der Waals surface area contributed by atoms with Crippen LogP contribution < -0.4 is 14.2 Å². The fourth-order valence-electron chi connectivity index (χ4n) is 2.29. The van der Waals surface area contributed by atoms with Gasteiger partial charge in [0.25, 0.3) is 10.0 Å². The second-order valence-electron chi connectivity index (χ2n) is 5.37. The second kappa shape index (κ2) is 6.82. The lowest BCUT2D eigenvalue weighted by Crippen LogP contribution is -2.14. The molecule has 1 aliphatic heterocycles. The maximum absolute atomic E-state index is 12.7. The quantitative estimate of drug-likeness (QED) is 0.782. The Morgan fingerprint density at radius 3 is 2.46 bits per heavy atom. The van der Waals surface area contributed by atoms with E-state index in [2.05, 4.69) is 20.7 Å². The van der Waals surface area contributed by atoms with Gasteiger partial charge in [-0.2, -0.15) is 0 Å². The van der Waals surface area contributed by atoms with Crippen LogP contribution in [0.2, 0.25) is 5.02 Å². The van der Waals surface area contributed by atoms with Gasteiger partial charge in [-0.25, -0.2) is 8.42 Å². The summed E-state index contributed by atoms with van der Waals surface area (Å²) in [6.07, 6.45) is 0.754. The van der Waals surface area contributed by atoms with Crippen LogP contribution in [0.25, 0.3) is 0 Å². The number of ether oxygens (including phenoxy) is 2. The summed E-state index contributed by atoms with van der Waals surface area (Å²) in [6.45, 7) is 2.92. The monoisotopic (exact) mass is 431 g/mol. The Kier molecular flexibility index (Phi) is 4.94. The number of aryl methyl sites for hydroxylation is 1. The molecule has 0 saturated carbocycles. The van der Waals surface area contributed by atoms with Crippen LogP contribution in [-0.4, -0.2) is 21.6 Å². The van der Waals surface area contributed by atoms with E-state index in [-0.39, 0.29) is 15.6 Å². The van der Waals surface area contributed by atoms with Gasteiger partial charge in [0, 0.05) is 23.0 Å². The molecule has 0 aromatic heterocycles. The molecule has 1 heterocycles. The molecule has 0 spiro atoms. The third-order valence-electron chi connectivity index (χ3n) is 3.46. The molecule has 0 saturated heterocycles. The first-order valence-corrected chi connectivity index (χ1v) is 9.90. The standard InChI is InChI=1S/C16H15BrClNO4S/c1-10-3-4-16(11(17)7-10)24(20,21)19-13-9-15-14(8-12(13)18)22-5-2-6-23-15/h3-4,7-9,19H,2,5-6H2,1H3. The van der Waals surface area contributed by atoms with Crippen molar-refractivity contribution in [2.24, 2.45) is 0 Å². The SMILES string of the molecule is Cc1ccc(S(=O)(=O)Nc2cc3c(cc2Cl)OCCCO3)c(Br)c1. The summed E-state index contributed by atoms with van der Waals surface area (Å²) < 4.78 is 39.4. The van der Waals surface area contributed by atoms with Crippen LogP contribution in [-0.2, 0) is 10.0 Å². The van der Waals surface area contributed by atoms with Crippen molar-refractivity contribution in [3.8, 4) is 11.5 Å². The van der Waals surface area contributed by atoms with Crippen molar-refractivity contribution in [2.45, 2.75) is 18.2 Å². The number of hydrogen-bond acceptors (Lipinski definition) is 4. The zero-order valence-electron chi connectivity index (χ0n) is 12.8. The molecule has 0 aliphatic carbocycles. The predicted octanol–water partition coefficient (Wildman–Crippen LogP) is 4.37. The number of fused-ring (bicyclic) bond motifs is 1. The number of nitrogens with one attached hydrogen (secondary N) is 1. The lowest BCUT2D eigenvalue weighted by Gasteiger charge is -2.14. The van der Waals surface area contributed by atoms with Crippen molar-refractivity contribution >= 4 is 43.2 Å². The van der Waals surface area contributed by atoms with Crippen molar-refractivity contribution in [2.75, 3.05) is 17.9 Å². The van der Waals surface area contributed by atoms with Gasteiger partial charge in [-0.05, 0) is 40.5 Å². The van der Waals surface area contributed by atoms with Crippen LogP contribution in [0.15, 0.2) is 39.7 Å². The van der Waals surface area contributed by atoms with Gasteiger partial charge in [0.15, 0.2) is 11.5 Å². The van der Waals surface area contributed by atoms with E-state index in [1.165, 1.54) is 0 Å². The topological polar surface area (TPSA) is 64.6 Å². The van der Waals surface area contributed by atoms with Gasteiger partial charge in [-0.1, -0.05) is 17.7 Å². The van der Waals surface area contributed by atoms with E-state index < -0.39 is 10.0 Å². The maximum Gasteiger partial charge on any atom is 0.263 e. The largest absolute Gasteiger partial charge is 0.490 e. The average Bonchev–Trinajstić information content (AvgIpc) is 2.72. The van der Waals surface area contributed by atoms with Crippen molar-refractivity contribution in [3.63, 3.8) is 0 Å². The molecule has 1 aliphatic rings. The molecule has 2 aromatic carbocycles. The first-order valence-electron chi connectivity index (χ1n) is 7.25. The minimum absolute atomic E-state index is 0.135. The van der Waals surface area contributed by atoms with E-state index in [9.17, 15) is 8.42 Å². The summed E-state index contributed by atoms with van der Waals surface area (Å²) in [6, 6.07) is 8.12. The molecule has 2 aromatic rings. The highest BCUT2D eigenvalue weighted by molar-refractivity contribution is 9.10. The van der Waals surface area contributed by atoms with E-state index in [0.717, 1.165) is 12.0 Å². The van der Waals surface area contributed by atoms with Gasteiger partial charge in [0.1, 0.15) is 4.90 Å². The van der Waals surface area contributed by atoms with Gasteiger partial charge in [0.2, 0.25) is 0 Å². The van der Waals surface area contributed by atoms with Crippen LogP contribution in [0.1, 0.15) is 12.0 Å². The average molecular weight is 433 g/mol. The Morgan fingerprint density at radius 1 is 1.12 bits per heavy atom. The number of anilines is 1. The minimum Gasteiger partial charge on any atom is -0.490 e. The number of benzene rings is 2. The first kappa shape index (κ1) is 17.4.